The highest BCUT2D eigenvalue weighted by atomic mass is 16.7. The number of benzene rings is 2. The SMILES string of the molecule is C=C(Oc1ccc2ccccc2c1)C(=O)ON1CCN(c2ccncc2)CC1. The minimum Gasteiger partial charge on any atom is -0.450 e. The van der Waals surface area contributed by atoms with Crippen molar-refractivity contribution in [3.63, 3.8) is 0 Å². The molecule has 2 aromatic carbocycles. The minimum absolute atomic E-state index is 0.0353. The zero-order valence-corrected chi connectivity index (χ0v) is 15.5. The summed E-state index contributed by atoms with van der Waals surface area (Å²) in [5.41, 5.74) is 1.12. The van der Waals surface area contributed by atoms with Gasteiger partial charge >= 0.3 is 5.97 Å². The van der Waals surface area contributed by atoms with E-state index in [1.165, 1.54) is 0 Å². The van der Waals surface area contributed by atoms with Gasteiger partial charge in [-0.1, -0.05) is 30.3 Å². The van der Waals surface area contributed by atoms with E-state index in [1.807, 2.05) is 54.6 Å². The first-order valence-corrected chi connectivity index (χ1v) is 9.17. The van der Waals surface area contributed by atoms with E-state index in [2.05, 4.69) is 16.5 Å². The van der Waals surface area contributed by atoms with Crippen molar-refractivity contribution in [3.05, 3.63) is 79.3 Å². The van der Waals surface area contributed by atoms with Crippen molar-refractivity contribution in [3.8, 4) is 5.75 Å². The van der Waals surface area contributed by atoms with Crippen LogP contribution in [0.3, 0.4) is 0 Å². The number of anilines is 1. The number of nitrogens with zero attached hydrogens (tertiary/aromatic N) is 3. The van der Waals surface area contributed by atoms with Crippen LogP contribution in [0.1, 0.15) is 0 Å². The summed E-state index contributed by atoms with van der Waals surface area (Å²) in [6, 6.07) is 17.5. The number of piperazine rings is 1. The van der Waals surface area contributed by atoms with Crippen molar-refractivity contribution >= 4 is 22.4 Å². The molecule has 4 rings (SSSR count). The van der Waals surface area contributed by atoms with E-state index >= 15 is 0 Å². The van der Waals surface area contributed by atoms with E-state index in [4.69, 9.17) is 9.57 Å². The number of aromatic nitrogens is 1. The van der Waals surface area contributed by atoms with Gasteiger partial charge in [-0.3, -0.25) is 4.98 Å². The molecule has 142 valence electrons. The van der Waals surface area contributed by atoms with Crippen LogP contribution in [0.2, 0.25) is 0 Å². The molecule has 1 aromatic heterocycles. The van der Waals surface area contributed by atoms with Gasteiger partial charge in [0.2, 0.25) is 5.76 Å². The topological polar surface area (TPSA) is 54.9 Å². The van der Waals surface area contributed by atoms with Crippen molar-refractivity contribution in [1.29, 1.82) is 0 Å². The molecule has 6 nitrogen and oxygen atoms in total. The molecule has 0 amide bonds. The predicted octanol–water partition coefficient (Wildman–Crippen LogP) is 3.41. The minimum atomic E-state index is -0.578. The molecule has 1 aliphatic rings. The summed E-state index contributed by atoms with van der Waals surface area (Å²) in [5.74, 6) is -0.0551. The van der Waals surface area contributed by atoms with Crippen LogP contribution in [0.4, 0.5) is 5.69 Å². The van der Waals surface area contributed by atoms with Crippen LogP contribution in [0.5, 0.6) is 5.75 Å². The Kier molecular flexibility index (Phi) is 5.21. The van der Waals surface area contributed by atoms with Crippen LogP contribution in [0, 0.1) is 0 Å². The monoisotopic (exact) mass is 375 g/mol. The van der Waals surface area contributed by atoms with E-state index in [9.17, 15) is 4.79 Å². The average molecular weight is 375 g/mol. The number of pyridine rings is 1. The summed E-state index contributed by atoms with van der Waals surface area (Å²) in [4.78, 5) is 24.0. The number of carbonyl (C=O) groups excluding carboxylic acids is 1. The van der Waals surface area contributed by atoms with Crippen LogP contribution in [0.25, 0.3) is 10.8 Å². The van der Waals surface area contributed by atoms with Crippen LogP contribution in [0.15, 0.2) is 79.3 Å². The number of fused-ring (bicyclic) bond motifs is 1. The number of hydrogen-bond donors (Lipinski definition) is 0. The van der Waals surface area contributed by atoms with Gasteiger partial charge in [-0.25, -0.2) is 4.79 Å². The summed E-state index contributed by atoms with van der Waals surface area (Å²) in [5, 5.41) is 3.79. The third kappa shape index (κ3) is 4.13. The van der Waals surface area contributed by atoms with Gasteiger partial charge in [0.1, 0.15) is 5.75 Å². The van der Waals surface area contributed by atoms with Crippen LogP contribution >= 0.6 is 0 Å². The molecule has 3 aromatic rings. The highest BCUT2D eigenvalue weighted by molar-refractivity contribution is 5.87. The standard InChI is InChI=1S/C22H21N3O3/c1-17(27-21-7-6-18-4-2-3-5-19(18)16-21)22(26)28-25-14-12-24(13-15-25)20-8-10-23-11-9-20/h2-11,16H,1,12-15H2. The Morgan fingerprint density at radius 2 is 1.64 bits per heavy atom. The fourth-order valence-corrected chi connectivity index (χ4v) is 3.18. The normalized spacial score (nSPS) is 14.6. The lowest BCUT2D eigenvalue weighted by Crippen LogP contribution is -2.47. The lowest BCUT2D eigenvalue weighted by molar-refractivity contribution is -0.189. The van der Waals surface area contributed by atoms with Gasteiger partial charge < -0.3 is 14.5 Å². The molecule has 1 aliphatic heterocycles. The molecule has 28 heavy (non-hydrogen) atoms. The predicted molar refractivity (Wildman–Crippen MR) is 108 cm³/mol. The third-order valence-electron chi connectivity index (χ3n) is 4.67. The third-order valence-corrected chi connectivity index (χ3v) is 4.67. The van der Waals surface area contributed by atoms with E-state index in [-0.39, 0.29) is 5.76 Å². The van der Waals surface area contributed by atoms with Gasteiger partial charge in [0.15, 0.2) is 0 Å². The quantitative estimate of drug-likeness (QED) is 0.503. The smallest absolute Gasteiger partial charge is 0.392 e. The molecular weight excluding hydrogens is 354 g/mol. The Morgan fingerprint density at radius 3 is 2.39 bits per heavy atom. The molecule has 0 unspecified atom stereocenters. The first-order chi connectivity index (χ1) is 13.7. The van der Waals surface area contributed by atoms with E-state index in [0.717, 1.165) is 29.5 Å². The molecule has 0 atom stereocenters. The van der Waals surface area contributed by atoms with Gasteiger partial charge in [0.05, 0.1) is 13.1 Å². The van der Waals surface area contributed by atoms with Gasteiger partial charge in [-0.05, 0) is 41.6 Å². The lowest BCUT2D eigenvalue weighted by atomic mass is 10.1. The van der Waals surface area contributed by atoms with Crippen molar-refractivity contribution in [2.24, 2.45) is 0 Å². The first-order valence-electron chi connectivity index (χ1n) is 9.17. The fourth-order valence-electron chi connectivity index (χ4n) is 3.18. The highest BCUT2D eigenvalue weighted by Crippen LogP contribution is 2.22. The summed E-state index contributed by atoms with van der Waals surface area (Å²) in [6.45, 7) is 6.45. The van der Waals surface area contributed by atoms with Gasteiger partial charge in [0, 0.05) is 31.2 Å². The molecule has 0 aliphatic carbocycles. The molecule has 1 saturated heterocycles. The molecule has 0 N–H and O–H groups in total. The first kappa shape index (κ1) is 18.0. The summed E-state index contributed by atoms with van der Waals surface area (Å²) < 4.78 is 5.60. The second-order valence-electron chi connectivity index (χ2n) is 6.53. The number of rotatable bonds is 5. The maximum absolute atomic E-state index is 12.3. The van der Waals surface area contributed by atoms with Crippen LogP contribution in [-0.4, -0.2) is 42.2 Å². The van der Waals surface area contributed by atoms with E-state index in [0.29, 0.717) is 18.8 Å². The maximum Gasteiger partial charge on any atom is 0.392 e. The number of carbonyl (C=O) groups is 1. The number of ether oxygens (including phenoxy) is 1. The second-order valence-corrected chi connectivity index (χ2v) is 6.53. The van der Waals surface area contributed by atoms with Crippen molar-refractivity contribution in [2.75, 3.05) is 31.1 Å². The molecular formula is C22H21N3O3. The van der Waals surface area contributed by atoms with Crippen LogP contribution in [-0.2, 0) is 9.63 Å². The molecule has 2 heterocycles. The Morgan fingerprint density at radius 1 is 0.929 bits per heavy atom. The summed E-state index contributed by atoms with van der Waals surface area (Å²) in [6.07, 6.45) is 3.55. The van der Waals surface area contributed by atoms with E-state index < -0.39 is 5.97 Å². The van der Waals surface area contributed by atoms with Gasteiger partial charge in [0.25, 0.3) is 0 Å². The number of hydroxylamine groups is 2. The largest absolute Gasteiger partial charge is 0.450 e. The Hall–Kier alpha value is -3.38. The molecule has 0 spiro atoms. The van der Waals surface area contributed by atoms with Crippen LogP contribution < -0.4 is 9.64 Å². The molecule has 1 fully saturated rings. The zero-order chi connectivity index (χ0) is 19.3. The van der Waals surface area contributed by atoms with Crippen molar-refractivity contribution < 1.29 is 14.4 Å². The molecule has 0 saturated carbocycles. The fraction of sp³-hybridized carbons (Fsp3) is 0.182. The molecule has 6 heteroatoms. The van der Waals surface area contributed by atoms with Gasteiger partial charge in [-0.2, -0.15) is 0 Å². The molecule has 0 radical (unpaired) electrons. The molecule has 0 bridgehead atoms. The number of hydrogen-bond acceptors (Lipinski definition) is 6. The summed E-state index contributed by atoms with van der Waals surface area (Å²) >= 11 is 0. The Bertz CT molecular complexity index is 982. The second kappa shape index (κ2) is 8.10. The zero-order valence-electron chi connectivity index (χ0n) is 15.5. The van der Waals surface area contributed by atoms with Crippen molar-refractivity contribution in [1.82, 2.24) is 10.0 Å². The summed E-state index contributed by atoms with van der Waals surface area (Å²) in [7, 11) is 0. The van der Waals surface area contributed by atoms with Crippen molar-refractivity contribution in [2.45, 2.75) is 0 Å². The maximum atomic E-state index is 12.3. The van der Waals surface area contributed by atoms with E-state index in [1.54, 1.807) is 17.5 Å². The Labute approximate surface area is 163 Å². The average Bonchev–Trinajstić information content (AvgIpc) is 2.75. The Balaban J connectivity index is 1.30. The highest BCUT2D eigenvalue weighted by Gasteiger charge is 2.22. The lowest BCUT2D eigenvalue weighted by Gasteiger charge is -2.34. The van der Waals surface area contributed by atoms with Gasteiger partial charge in [-0.15, -0.1) is 5.06 Å².